The molecule has 1 aliphatic carbocycles. The number of benzene rings is 1. The van der Waals surface area contributed by atoms with E-state index in [0.717, 1.165) is 12.8 Å². The largest absolute Gasteiger partial charge is 0.508 e. The maximum Gasteiger partial charge on any atom is 0.187 e. The van der Waals surface area contributed by atoms with E-state index in [1.54, 1.807) is 6.07 Å². The molecule has 1 aromatic carbocycles. The Labute approximate surface area is 87.8 Å². The predicted molar refractivity (Wildman–Crippen MR) is 55.7 cm³/mol. The first kappa shape index (κ1) is 9.03. The number of nitrogens with one attached hydrogen (secondary N) is 1. The van der Waals surface area contributed by atoms with Crippen LogP contribution in [0.2, 0.25) is 0 Å². The first-order valence-corrected chi connectivity index (χ1v) is 6.35. The van der Waals surface area contributed by atoms with Crippen LogP contribution < -0.4 is 5.32 Å². The molecule has 0 atom stereocenters. The Bertz CT molecular complexity index is 532. The first-order chi connectivity index (χ1) is 7.05. The van der Waals surface area contributed by atoms with E-state index in [2.05, 4.69) is 5.32 Å². The third-order valence-corrected chi connectivity index (χ3v) is 5.84. The summed E-state index contributed by atoms with van der Waals surface area (Å²) in [6.45, 7) is 0.493. The quantitative estimate of drug-likeness (QED) is 0.649. The summed E-state index contributed by atoms with van der Waals surface area (Å²) in [4.78, 5) is 0.242. The SMILES string of the molecule is O=S1(=O)c2cc(O)ccc2NCC12CC2. The van der Waals surface area contributed by atoms with Crippen molar-refractivity contribution in [3.05, 3.63) is 18.2 Å². The molecule has 1 heterocycles. The van der Waals surface area contributed by atoms with Crippen LogP contribution in [0.4, 0.5) is 5.69 Å². The average Bonchev–Trinajstić information content (AvgIpc) is 2.95. The second-order valence-corrected chi connectivity index (χ2v) is 6.53. The molecule has 0 unspecified atom stereocenters. The fourth-order valence-electron chi connectivity index (χ4n) is 2.05. The zero-order valence-corrected chi connectivity index (χ0v) is 8.84. The van der Waals surface area contributed by atoms with Gasteiger partial charge in [0.1, 0.15) is 5.75 Å². The van der Waals surface area contributed by atoms with E-state index in [1.165, 1.54) is 12.1 Å². The first-order valence-electron chi connectivity index (χ1n) is 4.87. The molecule has 0 amide bonds. The molecule has 1 aliphatic heterocycles. The maximum absolute atomic E-state index is 12.2. The molecule has 0 aromatic heterocycles. The van der Waals surface area contributed by atoms with Gasteiger partial charge in [-0.3, -0.25) is 0 Å². The number of hydrogen-bond acceptors (Lipinski definition) is 4. The Hall–Kier alpha value is -1.23. The van der Waals surface area contributed by atoms with Crippen molar-refractivity contribution < 1.29 is 13.5 Å². The van der Waals surface area contributed by atoms with E-state index in [4.69, 9.17) is 0 Å². The Morgan fingerprint density at radius 2 is 2.07 bits per heavy atom. The molecular weight excluding hydrogens is 214 g/mol. The highest BCUT2D eigenvalue weighted by Crippen LogP contribution is 2.51. The van der Waals surface area contributed by atoms with Crippen molar-refractivity contribution >= 4 is 15.5 Å². The zero-order chi connectivity index (χ0) is 10.7. The third kappa shape index (κ3) is 1.04. The number of anilines is 1. The molecule has 0 saturated heterocycles. The van der Waals surface area contributed by atoms with Gasteiger partial charge in [0.15, 0.2) is 9.84 Å². The number of phenols is 1. The molecule has 2 aliphatic rings. The van der Waals surface area contributed by atoms with Gasteiger partial charge < -0.3 is 10.4 Å². The number of rotatable bonds is 0. The Morgan fingerprint density at radius 1 is 1.33 bits per heavy atom. The number of sulfone groups is 1. The maximum atomic E-state index is 12.2. The molecule has 4 nitrogen and oxygen atoms in total. The molecule has 0 bridgehead atoms. The van der Waals surface area contributed by atoms with Crippen LogP contribution in [0.1, 0.15) is 12.8 Å². The molecule has 1 fully saturated rings. The van der Waals surface area contributed by atoms with Gasteiger partial charge in [0, 0.05) is 12.6 Å². The lowest BCUT2D eigenvalue weighted by atomic mass is 10.2. The Kier molecular flexibility index (Phi) is 1.49. The van der Waals surface area contributed by atoms with Crippen molar-refractivity contribution in [2.75, 3.05) is 11.9 Å². The van der Waals surface area contributed by atoms with Crippen LogP contribution in [0.25, 0.3) is 0 Å². The summed E-state index contributed by atoms with van der Waals surface area (Å²) in [5.74, 6) is -0.00294. The minimum atomic E-state index is -3.25. The smallest absolute Gasteiger partial charge is 0.187 e. The number of phenolic OH excluding ortho intramolecular Hbond substituents is 1. The van der Waals surface area contributed by atoms with E-state index < -0.39 is 14.6 Å². The van der Waals surface area contributed by atoms with Gasteiger partial charge in [-0.05, 0) is 25.0 Å². The third-order valence-electron chi connectivity index (χ3n) is 3.23. The molecule has 3 rings (SSSR count). The highest BCUT2D eigenvalue weighted by atomic mass is 32.2. The average molecular weight is 225 g/mol. The summed E-state index contributed by atoms with van der Waals surface area (Å²) < 4.78 is 23.8. The predicted octanol–water partition coefficient (Wildman–Crippen LogP) is 1.12. The summed E-state index contributed by atoms with van der Waals surface area (Å²) in [5.41, 5.74) is 0.602. The topological polar surface area (TPSA) is 66.4 Å². The molecule has 1 aromatic rings. The van der Waals surface area contributed by atoms with Crippen molar-refractivity contribution in [2.45, 2.75) is 22.5 Å². The van der Waals surface area contributed by atoms with Gasteiger partial charge in [-0.1, -0.05) is 0 Å². The molecule has 5 heteroatoms. The molecular formula is C10H11NO3S. The van der Waals surface area contributed by atoms with Gasteiger partial charge in [-0.2, -0.15) is 0 Å². The van der Waals surface area contributed by atoms with Crippen LogP contribution in [-0.4, -0.2) is 24.8 Å². The normalized spacial score (nSPS) is 24.3. The van der Waals surface area contributed by atoms with Crippen LogP contribution in [0, 0.1) is 0 Å². The lowest BCUT2D eigenvalue weighted by Crippen LogP contribution is -2.36. The van der Waals surface area contributed by atoms with Crippen molar-refractivity contribution in [1.82, 2.24) is 0 Å². The lowest BCUT2D eigenvalue weighted by Gasteiger charge is -2.26. The number of hydrogen-bond donors (Lipinski definition) is 2. The summed E-state index contributed by atoms with van der Waals surface area (Å²) >= 11 is 0. The van der Waals surface area contributed by atoms with Crippen molar-refractivity contribution in [2.24, 2.45) is 0 Å². The molecule has 0 radical (unpaired) electrons. The second-order valence-electron chi connectivity index (χ2n) is 4.22. The minimum absolute atomic E-state index is 0.00294. The summed E-state index contributed by atoms with van der Waals surface area (Å²) in [7, 11) is -3.25. The van der Waals surface area contributed by atoms with Crippen molar-refractivity contribution in [3.8, 4) is 5.75 Å². The number of aromatic hydroxyl groups is 1. The summed E-state index contributed by atoms with van der Waals surface area (Å²) in [6.07, 6.45) is 1.44. The molecule has 2 N–H and O–H groups in total. The van der Waals surface area contributed by atoms with Gasteiger partial charge in [0.05, 0.1) is 15.3 Å². The van der Waals surface area contributed by atoms with Crippen LogP contribution in [-0.2, 0) is 9.84 Å². The van der Waals surface area contributed by atoms with Crippen LogP contribution in [0.5, 0.6) is 5.75 Å². The van der Waals surface area contributed by atoms with E-state index in [1.807, 2.05) is 0 Å². The fourth-order valence-corrected chi connectivity index (χ4v) is 4.12. The van der Waals surface area contributed by atoms with E-state index in [9.17, 15) is 13.5 Å². The van der Waals surface area contributed by atoms with E-state index in [-0.39, 0.29) is 10.6 Å². The standard InChI is InChI=1S/C10H11NO3S/c12-7-1-2-8-9(5-7)15(13,14)10(3-4-10)6-11-8/h1-2,5,11-12H,3-4,6H2. The van der Waals surface area contributed by atoms with E-state index in [0.29, 0.717) is 12.2 Å². The second kappa shape index (κ2) is 2.47. The fraction of sp³-hybridized carbons (Fsp3) is 0.400. The number of fused-ring (bicyclic) bond motifs is 1. The monoisotopic (exact) mass is 225 g/mol. The van der Waals surface area contributed by atoms with Crippen molar-refractivity contribution in [1.29, 1.82) is 0 Å². The lowest BCUT2D eigenvalue weighted by molar-refractivity contribution is 0.473. The highest BCUT2D eigenvalue weighted by Gasteiger charge is 2.57. The van der Waals surface area contributed by atoms with Crippen LogP contribution >= 0.6 is 0 Å². The van der Waals surface area contributed by atoms with Gasteiger partial charge in [-0.25, -0.2) is 8.42 Å². The molecule has 15 heavy (non-hydrogen) atoms. The molecule has 80 valence electrons. The van der Waals surface area contributed by atoms with Gasteiger partial charge in [-0.15, -0.1) is 0 Å². The summed E-state index contributed by atoms with van der Waals surface area (Å²) in [5, 5.41) is 12.4. The molecule has 1 spiro atoms. The Morgan fingerprint density at radius 3 is 2.73 bits per heavy atom. The molecule has 1 saturated carbocycles. The van der Waals surface area contributed by atoms with Gasteiger partial charge >= 0.3 is 0 Å². The van der Waals surface area contributed by atoms with Gasteiger partial charge in [0.25, 0.3) is 0 Å². The summed E-state index contributed by atoms with van der Waals surface area (Å²) in [6, 6.07) is 4.43. The van der Waals surface area contributed by atoms with Gasteiger partial charge in [0.2, 0.25) is 0 Å². The van der Waals surface area contributed by atoms with Crippen LogP contribution in [0.15, 0.2) is 23.1 Å². The zero-order valence-electron chi connectivity index (χ0n) is 8.03. The minimum Gasteiger partial charge on any atom is -0.508 e. The van der Waals surface area contributed by atoms with Crippen LogP contribution in [0.3, 0.4) is 0 Å². The van der Waals surface area contributed by atoms with E-state index >= 15 is 0 Å². The van der Waals surface area contributed by atoms with Crippen molar-refractivity contribution in [3.63, 3.8) is 0 Å². The Balaban J connectivity index is 2.27. The highest BCUT2D eigenvalue weighted by molar-refractivity contribution is 7.93.